The second-order valence-electron chi connectivity index (χ2n) is 3.50. The average Bonchev–Trinajstić information content (AvgIpc) is 2.69. The summed E-state index contributed by atoms with van der Waals surface area (Å²) in [6, 6.07) is 5.04. The van der Waals surface area contributed by atoms with Crippen LogP contribution < -0.4 is 0 Å². The van der Waals surface area contributed by atoms with Crippen LogP contribution in [-0.4, -0.2) is 25.1 Å². The number of imidazole rings is 1. The monoisotopic (exact) mass is 236 g/mol. The standard InChI is InChI=1S/C11H12N2O2S/c1-16(15)7-9-6-10(14)2-3-11(9)13-5-4-12-8-13/h2-6,8,14H,7H2,1H3. The first-order chi connectivity index (χ1) is 7.66. The van der Waals surface area contributed by atoms with E-state index in [9.17, 15) is 9.32 Å². The fourth-order valence-electron chi connectivity index (χ4n) is 1.56. The molecule has 1 aromatic heterocycles. The van der Waals surface area contributed by atoms with E-state index in [1.165, 1.54) is 0 Å². The Morgan fingerprint density at radius 2 is 2.31 bits per heavy atom. The molecule has 0 aliphatic carbocycles. The molecule has 0 fully saturated rings. The Morgan fingerprint density at radius 3 is 2.94 bits per heavy atom. The first-order valence-corrected chi connectivity index (χ1v) is 6.50. The molecule has 0 amide bonds. The fraction of sp³-hybridized carbons (Fsp3) is 0.182. The molecule has 0 saturated heterocycles. The second kappa shape index (κ2) is 4.49. The van der Waals surface area contributed by atoms with Crippen LogP contribution in [0.5, 0.6) is 5.75 Å². The summed E-state index contributed by atoms with van der Waals surface area (Å²) in [6.45, 7) is 0. The highest BCUT2D eigenvalue weighted by Crippen LogP contribution is 2.21. The summed E-state index contributed by atoms with van der Waals surface area (Å²) in [5.41, 5.74) is 1.74. The van der Waals surface area contributed by atoms with Gasteiger partial charge in [0.15, 0.2) is 0 Å². The zero-order chi connectivity index (χ0) is 11.5. The van der Waals surface area contributed by atoms with Crippen molar-refractivity contribution in [2.24, 2.45) is 0 Å². The van der Waals surface area contributed by atoms with Crippen LogP contribution in [0.2, 0.25) is 0 Å². The van der Waals surface area contributed by atoms with Gasteiger partial charge < -0.3 is 9.67 Å². The molecular formula is C11H12N2O2S. The van der Waals surface area contributed by atoms with E-state index in [-0.39, 0.29) is 5.75 Å². The Morgan fingerprint density at radius 1 is 1.50 bits per heavy atom. The van der Waals surface area contributed by atoms with E-state index in [1.807, 2.05) is 10.8 Å². The lowest BCUT2D eigenvalue weighted by Gasteiger charge is -2.09. The third-order valence-electron chi connectivity index (χ3n) is 2.20. The molecule has 16 heavy (non-hydrogen) atoms. The molecule has 0 spiro atoms. The number of aromatic hydroxyl groups is 1. The molecule has 1 unspecified atom stereocenters. The largest absolute Gasteiger partial charge is 0.508 e. The van der Waals surface area contributed by atoms with Crippen molar-refractivity contribution in [2.75, 3.05) is 6.26 Å². The maximum atomic E-state index is 11.3. The van der Waals surface area contributed by atoms with E-state index >= 15 is 0 Å². The summed E-state index contributed by atoms with van der Waals surface area (Å²) in [7, 11) is -0.942. The van der Waals surface area contributed by atoms with Crippen molar-refractivity contribution in [2.45, 2.75) is 5.75 Å². The second-order valence-corrected chi connectivity index (χ2v) is 4.94. The van der Waals surface area contributed by atoms with Gasteiger partial charge in [0.1, 0.15) is 5.75 Å². The average molecular weight is 236 g/mol. The Hall–Kier alpha value is -1.62. The van der Waals surface area contributed by atoms with Gasteiger partial charge in [-0.2, -0.15) is 0 Å². The molecule has 0 bridgehead atoms. The van der Waals surface area contributed by atoms with E-state index < -0.39 is 10.8 Å². The predicted molar refractivity (Wildman–Crippen MR) is 63.0 cm³/mol. The molecule has 0 radical (unpaired) electrons. The molecule has 0 aliphatic rings. The highest BCUT2D eigenvalue weighted by molar-refractivity contribution is 7.83. The Kier molecular flexibility index (Phi) is 3.05. The van der Waals surface area contributed by atoms with Crippen molar-refractivity contribution < 1.29 is 9.32 Å². The van der Waals surface area contributed by atoms with Gasteiger partial charge in [0.2, 0.25) is 0 Å². The van der Waals surface area contributed by atoms with Crippen molar-refractivity contribution in [1.29, 1.82) is 0 Å². The molecule has 2 aromatic rings. The molecule has 5 heteroatoms. The maximum absolute atomic E-state index is 11.3. The van der Waals surface area contributed by atoms with E-state index in [0.717, 1.165) is 11.3 Å². The van der Waals surface area contributed by atoms with Crippen molar-refractivity contribution >= 4 is 10.8 Å². The number of phenols is 1. The van der Waals surface area contributed by atoms with Gasteiger partial charge in [-0.3, -0.25) is 4.21 Å². The SMILES string of the molecule is CS(=O)Cc1cc(O)ccc1-n1ccnc1. The van der Waals surface area contributed by atoms with Gasteiger partial charge >= 0.3 is 0 Å². The van der Waals surface area contributed by atoms with E-state index in [0.29, 0.717) is 5.75 Å². The maximum Gasteiger partial charge on any atom is 0.116 e. The summed E-state index contributed by atoms with van der Waals surface area (Å²) < 4.78 is 13.1. The zero-order valence-corrected chi connectivity index (χ0v) is 9.65. The topological polar surface area (TPSA) is 55.1 Å². The van der Waals surface area contributed by atoms with Crippen LogP contribution in [0.4, 0.5) is 0 Å². The Labute approximate surface area is 96.0 Å². The summed E-state index contributed by atoms with van der Waals surface area (Å²) in [4.78, 5) is 3.97. The molecule has 1 atom stereocenters. The zero-order valence-electron chi connectivity index (χ0n) is 8.83. The molecule has 84 valence electrons. The quantitative estimate of drug-likeness (QED) is 0.877. The van der Waals surface area contributed by atoms with Crippen LogP contribution in [0.25, 0.3) is 5.69 Å². The van der Waals surface area contributed by atoms with Gasteiger partial charge in [-0.1, -0.05) is 0 Å². The summed E-state index contributed by atoms with van der Waals surface area (Å²) in [5.74, 6) is 0.603. The minimum Gasteiger partial charge on any atom is -0.508 e. The number of rotatable bonds is 3. The van der Waals surface area contributed by atoms with Crippen LogP contribution >= 0.6 is 0 Å². The normalized spacial score (nSPS) is 12.6. The number of hydrogen-bond donors (Lipinski definition) is 1. The molecule has 2 rings (SSSR count). The van der Waals surface area contributed by atoms with Crippen LogP contribution in [-0.2, 0) is 16.6 Å². The molecule has 4 nitrogen and oxygen atoms in total. The van der Waals surface area contributed by atoms with Crippen molar-refractivity contribution in [3.05, 3.63) is 42.5 Å². The lowest BCUT2D eigenvalue weighted by Crippen LogP contribution is -2.00. The van der Waals surface area contributed by atoms with Gasteiger partial charge in [-0.25, -0.2) is 4.98 Å². The number of phenolic OH excluding ortho intramolecular Hbond substituents is 1. The van der Waals surface area contributed by atoms with Crippen LogP contribution in [0.3, 0.4) is 0 Å². The third-order valence-corrected chi connectivity index (χ3v) is 2.92. The number of hydrogen-bond acceptors (Lipinski definition) is 3. The first kappa shape index (κ1) is 10.9. The minimum atomic E-state index is -0.942. The Balaban J connectivity index is 2.48. The van der Waals surface area contributed by atoms with Gasteiger partial charge in [-0.05, 0) is 23.8 Å². The number of aromatic nitrogens is 2. The fourth-order valence-corrected chi connectivity index (χ4v) is 2.23. The van der Waals surface area contributed by atoms with Crippen LogP contribution in [0.1, 0.15) is 5.56 Å². The number of nitrogens with zero attached hydrogens (tertiary/aromatic N) is 2. The smallest absolute Gasteiger partial charge is 0.116 e. The van der Waals surface area contributed by atoms with Crippen LogP contribution in [0, 0.1) is 0 Å². The minimum absolute atomic E-state index is 0.185. The van der Waals surface area contributed by atoms with E-state index in [2.05, 4.69) is 4.98 Å². The molecular weight excluding hydrogens is 224 g/mol. The van der Waals surface area contributed by atoms with Gasteiger partial charge in [0.05, 0.1) is 17.8 Å². The molecule has 0 aliphatic heterocycles. The molecule has 1 N–H and O–H groups in total. The molecule has 0 saturated carbocycles. The lowest BCUT2D eigenvalue weighted by molar-refractivity contribution is 0.474. The first-order valence-electron chi connectivity index (χ1n) is 4.77. The van der Waals surface area contributed by atoms with Crippen molar-refractivity contribution in [1.82, 2.24) is 9.55 Å². The highest BCUT2D eigenvalue weighted by Gasteiger charge is 2.07. The summed E-state index contributed by atoms with van der Waals surface area (Å²) in [6.07, 6.45) is 6.81. The third kappa shape index (κ3) is 2.30. The van der Waals surface area contributed by atoms with Gasteiger partial charge in [-0.15, -0.1) is 0 Å². The summed E-state index contributed by atoms with van der Waals surface area (Å²) in [5, 5.41) is 9.42. The van der Waals surface area contributed by atoms with Crippen molar-refractivity contribution in [3.63, 3.8) is 0 Å². The van der Waals surface area contributed by atoms with Crippen molar-refractivity contribution in [3.8, 4) is 11.4 Å². The molecule has 1 heterocycles. The van der Waals surface area contributed by atoms with E-state index in [1.54, 1.807) is 37.0 Å². The number of benzene rings is 1. The van der Waals surface area contributed by atoms with Gasteiger partial charge in [0, 0.05) is 29.4 Å². The predicted octanol–water partition coefficient (Wildman–Crippen LogP) is 1.46. The van der Waals surface area contributed by atoms with Crippen LogP contribution in [0.15, 0.2) is 36.9 Å². The highest BCUT2D eigenvalue weighted by atomic mass is 32.2. The lowest BCUT2D eigenvalue weighted by atomic mass is 10.2. The van der Waals surface area contributed by atoms with E-state index in [4.69, 9.17) is 0 Å². The Bertz CT molecular complexity index is 509. The summed E-state index contributed by atoms with van der Waals surface area (Å²) >= 11 is 0. The molecule has 1 aromatic carbocycles. The van der Waals surface area contributed by atoms with Gasteiger partial charge in [0.25, 0.3) is 0 Å².